The van der Waals surface area contributed by atoms with Gasteiger partial charge in [-0.05, 0) is 41.4 Å². The molecule has 0 bridgehead atoms. The molecule has 0 unspecified atom stereocenters. The quantitative estimate of drug-likeness (QED) is 0.944. The van der Waals surface area contributed by atoms with E-state index in [-0.39, 0.29) is 6.42 Å². The second kappa shape index (κ2) is 5.35. The Bertz CT molecular complexity index is 564. The van der Waals surface area contributed by atoms with Crippen LogP contribution in [-0.4, -0.2) is 20.9 Å². The first-order chi connectivity index (χ1) is 8.59. The summed E-state index contributed by atoms with van der Waals surface area (Å²) in [6, 6.07) is 9.74. The van der Waals surface area contributed by atoms with Gasteiger partial charge >= 0.3 is 5.97 Å². The number of carboxylic acids is 1. The van der Waals surface area contributed by atoms with Gasteiger partial charge in [0.05, 0.1) is 11.4 Å². The summed E-state index contributed by atoms with van der Waals surface area (Å²) in [4.78, 5) is 10.6. The molecule has 2 rings (SSSR count). The van der Waals surface area contributed by atoms with Crippen LogP contribution in [0.15, 0.2) is 34.9 Å². The Morgan fingerprint density at radius 3 is 2.67 bits per heavy atom. The van der Waals surface area contributed by atoms with E-state index in [1.54, 1.807) is 4.68 Å². The molecule has 0 spiro atoms. The van der Waals surface area contributed by atoms with Crippen LogP contribution in [0.1, 0.15) is 17.7 Å². The lowest BCUT2D eigenvalue weighted by molar-refractivity contribution is -0.136. The van der Waals surface area contributed by atoms with E-state index in [1.807, 2.05) is 37.3 Å². The lowest BCUT2D eigenvalue weighted by atomic mass is 10.1. The Morgan fingerprint density at radius 1 is 1.39 bits per heavy atom. The largest absolute Gasteiger partial charge is 0.481 e. The summed E-state index contributed by atoms with van der Waals surface area (Å²) in [5, 5.41) is 13.2. The lowest BCUT2D eigenvalue weighted by Crippen LogP contribution is -1.99. The van der Waals surface area contributed by atoms with Gasteiger partial charge in [0, 0.05) is 12.0 Å². The van der Waals surface area contributed by atoms with Gasteiger partial charge < -0.3 is 5.11 Å². The van der Waals surface area contributed by atoms with Crippen molar-refractivity contribution in [2.75, 3.05) is 0 Å². The predicted molar refractivity (Wildman–Crippen MR) is 72.0 cm³/mol. The van der Waals surface area contributed by atoms with Gasteiger partial charge in [-0.25, -0.2) is 4.68 Å². The number of aryl methyl sites for hydroxylation is 1. The Labute approximate surface area is 113 Å². The van der Waals surface area contributed by atoms with Crippen LogP contribution in [-0.2, 0) is 11.2 Å². The molecular weight excluding hydrogens is 296 g/mol. The zero-order valence-electron chi connectivity index (χ0n) is 9.93. The molecule has 0 radical (unpaired) electrons. The zero-order valence-corrected chi connectivity index (χ0v) is 11.5. The summed E-state index contributed by atoms with van der Waals surface area (Å²) in [5.74, 6) is -0.797. The summed E-state index contributed by atoms with van der Waals surface area (Å²) in [6.07, 6.45) is 0.592. The first-order valence-corrected chi connectivity index (χ1v) is 6.40. The fourth-order valence-electron chi connectivity index (χ4n) is 1.79. The number of para-hydroxylation sites is 1. The Balaban J connectivity index is 2.35. The summed E-state index contributed by atoms with van der Waals surface area (Å²) in [5.41, 5.74) is 2.75. The monoisotopic (exact) mass is 308 g/mol. The van der Waals surface area contributed by atoms with Crippen LogP contribution in [0, 0.1) is 6.92 Å². The van der Waals surface area contributed by atoms with E-state index in [1.165, 1.54) is 0 Å². The molecule has 1 N–H and O–H groups in total. The SMILES string of the molecule is Cc1nn(-c2ccccc2)c(Br)c1CCC(=O)O. The van der Waals surface area contributed by atoms with Crippen molar-refractivity contribution in [3.05, 3.63) is 46.2 Å². The molecule has 94 valence electrons. The molecule has 0 atom stereocenters. The number of hydrogen-bond donors (Lipinski definition) is 1. The molecule has 1 heterocycles. The van der Waals surface area contributed by atoms with Gasteiger partial charge in [0.1, 0.15) is 4.60 Å². The number of carbonyl (C=O) groups is 1. The van der Waals surface area contributed by atoms with Crippen molar-refractivity contribution in [1.29, 1.82) is 0 Å². The molecule has 0 aliphatic heterocycles. The Morgan fingerprint density at radius 2 is 2.06 bits per heavy atom. The molecule has 1 aromatic heterocycles. The van der Waals surface area contributed by atoms with E-state index in [0.717, 1.165) is 21.5 Å². The van der Waals surface area contributed by atoms with Gasteiger partial charge in [0.2, 0.25) is 0 Å². The van der Waals surface area contributed by atoms with Crippen LogP contribution in [0.2, 0.25) is 0 Å². The van der Waals surface area contributed by atoms with Crippen LogP contribution in [0.4, 0.5) is 0 Å². The Kier molecular flexibility index (Phi) is 3.81. The normalized spacial score (nSPS) is 10.6. The minimum absolute atomic E-state index is 0.111. The number of halogens is 1. The van der Waals surface area contributed by atoms with Crippen molar-refractivity contribution in [3.63, 3.8) is 0 Å². The average Bonchev–Trinajstić information content (AvgIpc) is 2.63. The molecule has 0 saturated carbocycles. The summed E-state index contributed by atoms with van der Waals surface area (Å²) >= 11 is 3.50. The number of aromatic nitrogens is 2. The standard InChI is InChI=1S/C13H13BrN2O2/c1-9-11(7-8-12(17)18)13(14)16(15-9)10-5-3-2-4-6-10/h2-6H,7-8H2,1H3,(H,17,18). The zero-order chi connectivity index (χ0) is 13.1. The molecule has 0 saturated heterocycles. The summed E-state index contributed by atoms with van der Waals surface area (Å²) < 4.78 is 2.61. The first-order valence-electron chi connectivity index (χ1n) is 5.61. The first kappa shape index (κ1) is 12.8. The maximum absolute atomic E-state index is 10.6. The number of rotatable bonds is 4. The van der Waals surface area contributed by atoms with E-state index in [9.17, 15) is 4.79 Å². The van der Waals surface area contributed by atoms with Crippen LogP contribution < -0.4 is 0 Å². The fourth-order valence-corrected chi connectivity index (χ4v) is 2.56. The van der Waals surface area contributed by atoms with Crippen LogP contribution in [0.3, 0.4) is 0 Å². The molecule has 4 nitrogen and oxygen atoms in total. The molecule has 0 amide bonds. The number of nitrogens with zero attached hydrogens (tertiary/aromatic N) is 2. The average molecular weight is 309 g/mol. The minimum Gasteiger partial charge on any atom is -0.481 e. The highest BCUT2D eigenvalue weighted by atomic mass is 79.9. The number of aliphatic carboxylic acids is 1. The predicted octanol–water partition coefficient (Wildman–Crippen LogP) is 2.96. The molecular formula is C13H13BrN2O2. The van der Waals surface area contributed by atoms with Crippen molar-refractivity contribution in [3.8, 4) is 5.69 Å². The summed E-state index contributed by atoms with van der Waals surface area (Å²) in [7, 11) is 0. The molecule has 1 aromatic carbocycles. The second-order valence-corrected chi connectivity index (χ2v) is 4.75. The highest BCUT2D eigenvalue weighted by Gasteiger charge is 2.14. The fraction of sp³-hybridized carbons (Fsp3) is 0.231. The lowest BCUT2D eigenvalue weighted by Gasteiger charge is -2.03. The highest BCUT2D eigenvalue weighted by molar-refractivity contribution is 9.10. The van der Waals surface area contributed by atoms with Gasteiger partial charge in [-0.15, -0.1) is 0 Å². The van der Waals surface area contributed by atoms with E-state index < -0.39 is 5.97 Å². The molecule has 0 aliphatic rings. The third-order valence-electron chi connectivity index (χ3n) is 2.71. The molecule has 2 aromatic rings. The highest BCUT2D eigenvalue weighted by Crippen LogP contribution is 2.25. The van der Waals surface area contributed by atoms with Crippen molar-refractivity contribution in [2.45, 2.75) is 19.8 Å². The summed E-state index contributed by atoms with van der Waals surface area (Å²) in [6.45, 7) is 1.89. The van der Waals surface area contributed by atoms with Gasteiger partial charge in [0.25, 0.3) is 0 Å². The Hall–Kier alpha value is -1.62. The van der Waals surface area contributed by atoms with Gasteiger partial charge in [0.15, 0.2) is 0 Å². The van der Waals surface area contributed by atoms with Crippen molar-refractivity contribution in [1.82, 2.24) is 9.78 Å². The van der Waals surface area contributed by atoms with Gasteiger partial charge in [-0.1, -0.05) is 18.2 Å². The van der Waals surface area contributed by atoms with Gasteiger partial charge in [-0.2, -0.15) is 5.10 Å². The van der Waals surface area contributed by atoms with E-state index >= 15 is 0 Å². The van der Waals surface area contributed by atoms with E-state index in [4.69, 9.17) is 5.11 Å². The minimum atomic E-state index is -0.797. The van der Waals surface area contributed by atoms with Gasteiger partial charge in [-0.3, -0.25) is 4.79 Å². The number of benzene rings is 1. The van der Waals surface area contributed by atoms with Crippen molar-refractivity contribution in [2.24, 2.45) is 0 Å². The molecule has 0 aliphatic carbocycles. The molecule has 0 fully saturated rings. The number of hydrogen-bond acceptors (Lipinski definition) is 2. The van der Waals surface area contributed by atoms with Crippen LogP contribution in [0.5, 0.6) is 0 Å². The molecule has 18 heavy (non-hydrogen) atoms. The second-order valence-electron chi connectivity index (χ2n) is 4.00. The van der Waals surface area contributed by atoms with Crippen LogP contribution in [0.25, 0.3) is 5.69 Å². The molecule has 5 heteroatoms. The maximum Gasteiger partial charge on any atom is 0.303 e. The number of carboxylic acid groups (broad SMARTS) is 1. The van der Waals surface area contributed by atoms with Crippen LogP contribution >= 0.6 is 15.9 Å². The smallest absolute Gasteiger partial charge is 0.303 e. The van der Waals surface area contributed by atoms with Crippen molar-refractivity contribution >= 4 is 21.9 Å². The maximum atomic E-state index is 10.6. The van der Waals surface area contributed by atoms with E-state index in [0.29, 0.717) is 6.42 Å². The van der Waals surface area contributed by atoms with E-state index in [2.05, 4.69) is 21.0 Å². The topological polar surface area (TPSA) is 55.1 Å². The third kappa shape index (κ3) is 2.61. The third-order valence-corrected chi connectivity index (χ3v) is 3.53. The van der Waals surface area contributed by atoms with Crippen molar-refractivity contribution < 1.29 is 9.90 Å².